The first-order chi connectivity index (χ1) is 10.8. The predicted octanol–water partition coefficient (Wildman–Crippen LogP) is 3.34. The minimum atomic E-state index is -4.58. The summed E-state index contributed by atoms with van der Waals surface area (Å²) in [6.07, 6.45) is -4.03. The second kappa shape index (κ2) is 7.08. The summed E-state index contributed by atoms with van der Waals surface area (Å²) in [6.45, 7) is 0.742. The number of hydrogen-bond donors (Lipinski definition) is 2. The van der Waals surface area contributed by atoms with Crippen LogP contribution in [0.2, 0.25) is 0 Å². The highest BCUT2D eigenvalue weighted by Gasteiger charge is 2.33. The van der Waals surface area contributed by atoms with Crippen molar-refractivity contribution in [2.24, 2.45) is 5.73 Å². The fourth-order valence-electron chi connectivity index (χ4n) is 2.65. The minimum absolute atomic E-state index is 0. The lowest BCUT2D eigenvalue weighted by molar-refractivity contribution is -0.140. The van der Waals surface area contributed by atoms with Gasteiger partial charge in [-0.1, -0.05) is 0 Å². The molecule has 1 aromatic heterocycles. The molecule has 0 bridgehead atoms. The van der Waals surface area contributed by atoms with Gasteiger partial charge in [0.25, 0.3) is 0 Å². The first-order valence-electron chi connectivity index (χ1n) is 7.10. The quantitative estimate of drug-likeness (QED) is 0.801. The Morgan fingerprint density at radius 3 is 2.62 bits per heavy atom. The van der Waals surface area contributed by atoms with Crippen molar-refractivity contribution in [2.45, 2.75) is 24.7 Å². The number of rotatable bonds is 2. The Hall–Kier alpha value is -1.64. The standard InChI is InChI=1S/C15H15F4N3O.ClH/c16-8-1-2-12-11(3-8)13(5-14(22-12)15(17,18)19)21-10-4-9(20)6-23-7-10;/h1-3,5,9-10H,4,6-7,20H2,(H,21,22);1H/t9-,10+;/m0./s1. The Labute approximate surface area is 141 Å². The Morgan fingerprint density at radius 2 is 1.96 bits per heavy atom. The van der Waals surface area contributed by atoms with E-state index in [4.69, 9.17) is 10.5 Å². The number of nitrogens with zero attached hydrogens (tertiary/aromatic N) is 1. The fraction of sp³-hybridized carbons (Fsp3) is 0.400. The zero-order valence-corrected chi connectivity index (χ0v) is 13.3. The molecular formula is C15H16ClF4N3O. The van der Waals surface area contributed by atoms with Crippen LogP contribution < -0.4 is 11.1 Å². The molecule has 0 amide bonds. The molecule has 1 aromatic carbocycles. The molecule has 1 aliphatic rings. The van der Waals surface area contributed by atoms with Gasteiger partial charge >= 0.3 is 6.18 Å². The summed E-state index contributed by atoms with van der Waals surface area (Å²) in [4.78, 5) is 3.57. The fourth-order valence-corrected chi connectivity index (χ4v) is 2.65. The van der Waals surface area contributed by atoms with E-state index in [-0.39, 0.29) is 41.1 Å². The molecule has 4 nitrogen and oxygen atoms in total. The lowest BCUT2D eigenvalue weighted by Crippen LogP contribution is -2.42. The van der Waals surface area contributed by atoms with Gasteiger partial charge in [-0.05, 0) is 30.7 Å². The molecule has 3 rings (SSSR count). The monoisotopic (exact) mass is 365 g/mol. The van der Waals surface area contributed by atoms with Crippen molar-refractivity contribution >= 4 is 29.0 Å². The molecule has 2 aromatic rings. The average Bonchev–Trinajstić information content (AvgIpc) is 2.46. The SMILES string of the molecule is Cl.N[C@@H]1COC[C@H](Nc2cc(C(F)(F)F)nc3ccc(F)cc23)C1. The van der Waals surface area contributed by atoms with E-state index in [1.807, 2.05) is 0 Å². The number of alkyl halides is 3. The maximum absolute atomic E-state index is 13.5. The highest BCUT2D eigenvalue weighted by molar-refractivity contribution is 5.91. The summed E-state index contributed by atoms with van der Waals surface area (Å²) in [5.41, 5.74) is 5.01. The number of fused-ring (bicyclic) bond motifs is 1. The highest BCUT2D eigenvalue weighted by atomic mass is 35.5. The molecule has 132 valence electrons. The summed E-state index contributed by atoms with van der Waals surface area (Å²) in [6, 6.07) is 3.94. The number of ether oxygens (including phenoxy) is 1. The molecule has 1 fully saturated rings. The molecule has 3 N–H and O–H groups in total. The molecule has 2 heterocycles. The van der Waals surface area contributed by atoms with Gasteiger partial charge in [-0.2, -0.15) is 13.2 Å². The number of pyridine rings is 1. The topological polar surface area (TPSA) is 60.2 Å². The lowest BCUT2D eigenvalue weighted by atomic mass is 10.0. The van der Waals surface area contributed by atoms with E-state index >= 15 is 0 Å². The summed E-state index contributed by atoms with van der Waals surface area (Å²) >= 11 is 0. The smallest absolute Gasteiger partial charge is 0.379 e. The van der Waals surface area contributed by atoms with Crippen LogP contribution in [0.15, 0.2) is 24.3 Å². The maximum atomic E-state index is 13.5. The molecule has 1 aliphatic heterocycles. The maximum Gasteiger partial charge on any atom is 0.433 e. The van der Waals surface area contributed by atoms with Crippen LogP contribution in [0.4, 0.5) is 23.2 Å². The van der Waals surface area contributed by atoms with Crippen molar-refractivity contribution in [3.8, 4) is 0 Å². The summed E-state index contributed by atoms with van der Waals surface area (Å²) in [7, 11) is 0. The Bertz CT molecular complexity index is 726. The Kier molecular flexibility index (Phi) is 5.52. The van der Waals surface area contributed by atoms with E-state index < -0.39 is 17.7 Å². The average molecular weight is 366 g/mol. The van der Waals surface area contributed by atoms with Crippen LogP contribution in [0.25, 0.3) is 10.9 Å². The van der Waals surface area contributed by atoms with Gasteiger partial charge in [0.2, 0.25) is 0 Å². The molecule has 0 aliphatic carbocycles. The van der Waals surface area contributed by atoms with Crippen LogP contribution >= 0.6 is 12.4 Å². The van der Waals surface area contributed by atoms with Crippen LogP contribution in [0.1, 0.15) is 12.1 Å². The van der Waals surface area contributed by atoms with E-state index in [9.17, 15) is 17.6 Å². The van der Waals surface area contributed by atoms with E-state index in [0.717, 1.165) is 18.2 Å². The molecule has 0 unspecified atom stereocenters. The summed E-state index contributed by atoms with van der Waals surface area (Å²) in [5.74, 6) is -0.543. The zero-order chi connectivity index (χ0) is 16.6. The van der Waals surface area contributed by atoms with Crippen molar-refractivity contribution < 1.29 is 22.3 Å². The Morgan fingerprint density at radius 1 is 1.21 bits per heavy atom. The van der Waals surface area contributed by atoms with Gasteiger partial charge < -0.3 is 15.8 Å². The molecule has 0 radical (unpaired) electrons. The first kappa shape index (κ1) is 18.7. The van der Waals surface area contributed by atoms with Gasteiger partial charge in [0.05, 0.1) is 24.8 Å². The number of hydrogen-bond acceptors (Lipinski definition) is 4. The highest BCUT2D eigenvalue weighted by Crippen LogP contribution is 2.34. The third kappa shape index (κ3) is 4.06. The summed E-state index contributed by atoms with van der Waals surface area (Å²) < 4.78 is 57.8. The van der Waals surface area contributed by atoms with Crippen LogP contribution in [-0.2, 0) is 10.9 Å². The van der Waals surface area contributed by atoms with E-state index in [0.29, 0.717) is 19.6 Å². The van der Waals surface area contributed by atoms with Crippen LogP contribution in [0.5, 0.6) is 0 Å². The minimum Gasteiger partial charge on any atom is -0.379 e. The number of benzene rings is 1. The lowest BCUT2D eigenvalue weighted by Gasteiger charge is -2.29. The third-order valence-electron chi connectivity index (χ3n) is 3.66. The molecule has 1 saturated heterocycles. The van der Waals surface area contributed by atoms with Crippen LogP contribution in [-0.4, -0.2) is 30.3 Å². The van der Waals surface area contributed by atoms with Gasteiger partial charge in [-0.3, -0.25) is 0 Å². The third-order valence-corrected chi connectivity index (χ3v) is 3.66. The van der Waals surface area contributed by atoms with Crippen LogP contribution in [0.3, 0.4) is 0 Å². The zero-order valence-electron chi connectivity index (χ0n) is 12.4. The van der Waals surface area contributed by atoms with Gasteiger partial charge in [-0.15, -0.1) is 12.4 Å². The normalized spacial score (nSPS) is 21.4. The van der Waals surface area contributed by atoms with Gasteiger partial charge in [0, 0.05) is 17.1 Å². The largest absolute Gasteiger partial charge is 0.433 e. The molecular weight excluding hydrogens is 350 g/mol. The summed E-state index contributed by atoms with van der Waals surface area (Å²) in [5, 5.41) is 3.27. The second-order valence-electron chi connectivity index (χ2n) is 5.59. The van der Waals surface area contributed by atoms with Crippen LogP contribution in [0, 0.1) is 5.82 Å². The molecule has 0 saturated carbocycles. The molecule has 0 spiro atoms. The number of halogens is 5. The van der Waals surface area contributed by atoms with Gasteiger partial charge in [0.15, 0.2) is 0 Å². The van der Waals surface area contributed by atoms with Crippen molar-refractivity contribution in [1.29, 1.82) is 0 Å². The number of nitrogens with two attached hydrogens (primary N) is 1. The number of anilines is 1. The molecule has 2 atom stereocenters. The second-order valence-corrected chi connectivity index (χ2v) is 5.59. The molecule has 9 heteroatoms. The first-order valence-corrected chi connectivity index (χ1v) is 7.10. The number of aromatic nitrogens is 1. The number of nitrogens with one attached hydrogen (secondary N) is 1. The van der Waals surface area contributed by atoms with E-state index in [1.54, 1.807) is 0 Å². The van der Waals surface area contributed by atoms with Gasteiger partial charge in [0.1, 0.15) is 11.5 Å². The Balaban J connectivity index is 0.00000208. The van der Waals surface area contributed by atoms with Gasteiger partial charge in [-0.25, -0.2) is 9.37 Å². The molecule has 24 heavy (non-hydrogen) atoms. The van der Waals surface area contributed by atoms with Crippen molar-refractivity contribution in [3.05, 3.63) is 35.8 Å². The van der Waals surface area contributed by atoms with E-state index in [2.05, 4.69) is 10.3 Å². The van der Waals surface area contributed by atoms with Crippen molar-refractivity contribution in [1.82, 2.24) is 4.98 Å². The van der Waals surface area contributed by atoms with Crippen molar-refractivity contribution in [3.63, 3.8) is 0 Å². The predicted molar refractivity (Wildman–Crippen MR) is 84.8 cm³/mol. The van der Waals surface area contributed by atoms with Crippen molar-refractivity contribution in [2.75, 3.05) is 18.5 Å². The van der Waals surface area contributed by atoms with E-state index in [1.165, 1.54) is 6.07 Å².